The van der Waals surface area contributed by atoms with Crippen LogP contribution in [0.25, 0.3) is 5.70 Å². The number of aromatic nitrogens is 2. The molecule has 1 unspecified atom stereocenters. The zero-order chi connectivity index (χ0) is 20.8. The van der Waals surface area contributed by atoms with Gasteiger partial charge in [-0.2, -0.15) is 0 Å². The van der Waals surface area contributed by atoms with Crippen molar-refractivity contribution in [3.63, 3.8) is 0 Å². The van der Waals surface area contributed by atoms with Crippen molar-refractivity contribution in [2.75, 3.05) is 44.1 Å². The highest BCUT2D eigenvalue weighted by Crippen LogP contribution is 2.30. The second-order valence-electron chi connectivity index (χ2n) is 6.96. The number of pyridine rings is 1. The summed E-state index contributed by atoms with van der Waals surface area (Å²) in [5.41, 5.74) is 2.66. The number of nitrogens with one attached hydrogen (secondary N) is 2. The number of carbonyl (C=O) groups is 1. The number of aromatic amines is 1. The van der Waals surface area contributed by atoms with E-state index in [2.05, 4.69) is 36.7 Å². The maximum absolute atomic E-state index is 11.6. The number of anilines is 2. The number of methoxy groups -OCH3 is 1. The molecule has 2 aromatic rings. The lowest BCUT2D eigenvalue weighted by Crippen LogP contribution is -2.34. The molecule has 29 heavy (non-hydrogen) atoms. The average Bonchev–Trinajstić information content (AvgIpc) is 3.38. The molecule has 154 valence electrons. The van der Waals surface area contributed by atoms with Crippen LogP contribution in [0.3, 0.4) is 0 Å². The van der Waals surface area contributed by atoms with Crippen LogP contribution in [0, 0.1) is 0 Å². The molecule has 1 fully saturated rings. The molecular formula is C21H28N6O2. The van der Waals surface area contributed by atoms with Crippen molar-refractivity contribution in [1.82, 2.24) is 14.9 Å². The van der Waals surface area contributed by atoms with Gasteiger partial charge in [-0.05, 0) is 31.5 Å². The Labute approximate surface area is 171 Å². The van der Waals surface area contributed by atoms with Crippen molar-refractivity contribution in [3.05, 3.63) is 42.7 Å². The number of aliphatic imine (C=N–C) groups is 1. The van der Waals surface area contributed by atoms with E-state index >= 15 is 0 Å². The lowest BCUT2D eigenvalue weighted by Gasteiger charge is -2.27. The van der Waals surface area contributed by atoms with Crippen LogP contribution in [0.5, 0.6) is 0 Å². The minimum atomic E-state index is -0.197. The maximum Gasteiger partial charge on any atom is 0.250 e. The largest absolute Gasteiger partial charge is 0.375 e. The molecule has 3 heterocycles. The van der Waals surface area contributed by atoms with Gasteiger partial charge in [0.25, 0.3) is 0 Å². The van der Waals surface area contributed by atoms with Crippen molar-refractivity contribution in [2.45, 2.75) is 19.4 Å². The lowest BCUT2D eigenvalue weighted by molar-refractivity contribution is -0.119. The average molecular weight is 396 g/mol. The molecule has 1 amide bonds. The Hall–Kier alpha value is -3.13. The predicted octanol–water partition coefficient (Wildman–Crippen LogP) is 2.90. The first-order chi connectivity index (χ1) is 14.0. The zero-order valence-corrected chi connectivity index (χ0v) is 17.2. The lowest BCUT2D eigenvalue weighted by atomic mass is 10.2. The van der Waals surface area contributed by atoms with E-state index in [4.69, 9.17) is 4.74 Å². The van der Waals surface area contributed by atoms with Crippen LogP contribution in [-0.2, 0) is 9.53 Å². The molecule has 0 aromatic carbocycles. The number of carbonyl (C=O) groups excluding carboxylic acids is 1. The van der Waals surface area contributed by atoms with Crippen LogP contribution in [-0.4, -0.2) is 66.9 Å². The monoisotopic (exact) mass is 396 g/mol. The third-order valence-electron chi connectivity index (χ3n) is 5.06. The van der Waals surface area contributed by atoms with Crippen LogP contribution in [0.2, 0.25) is 0 Å². The summed E-state index contributed by atoms with van der Waals surface area (Å²) < 4.78 is 4.82. The Morgan fingerprint density at radius 1 is 1.52 bits per heavy atom. The van der Waals surface area contributed by atoms with Crippen LogP contribution in [0.4, 0.5) is 17.3 Å². The molecule has 1 atom stereocenters. The zero-order valence-electron chi connectivity index (χ0n) is 17.2. The van der Waals surface area contributed by atoms with Gasteiger partial charge in [0.2, 0.25) is 5.91 Å². The molecule has 8 heteroatoms. The van der Waals surface area contributed by atoms with Gasteiger partial charge in [0.15, 0.2) is 0 Å². The number of ether oxygens (including phenoxy) is 1. The molecule has 0 radical (unpaired) electrons. The van der Waals surface area contributed by atoms with Gasteiger partial charge < -0.3 is 24.8 Å². The molecule has 0 bridgehead atoms. The quantitative estimate of drug-likeness (QED) is 0.670. The number of rotatable bonds is 8. The van der Waals surface area contributed by atoms with Gasteiger partial charge in [0.05, 0.1) is 11.9 Å². The summed E-state index contributed by atoms with van der Waals surface area (Å²) in [5, 5.41) is 2.75. The number of H-pyrrole nitrogens is 1. The van der Waals surface area contributed by atoms with Crippen LogP contribution >= 0.6 is 0 Å². The number of likely N-dealkylation sites (N-methyl/N-ethyl adjacent to an activating group) is 1. The molecule has 2 aromatic heterocycles. The Balaban J connectivity index is 1.61. The number of amides is 1. The Kier molecular flexibility index (Phi) is 6.66. The van der Waals surface area contributed by atoms with Gasteiger partial charge in [0, 0.05) is 57.0 Å². The van der Waals surface area contributed by atoms with Crippen molar-refractivity contribution in [3.8, 4) is 0 Å². The number of hydrogen-bond donors (Lipinski definition) is 2. The highest BCUT2D eigenvalue weighted by Gasteiger charge is 2.28. The SMILES string of the molecule is C=C(c1cc[nH]c1N=CC)N1CCC(N(C)c2ccc(NC(=O)COC)cn2)C1. The Morgan fingerprint density at radius 2 is 2.34 bits per heavy atom. The summed E-state index contributed by atoms with van der Waals surface area (Å²) in [5.74, 6) is 1.50. The minimum Gasteiger partial charge on any atom is -0.375 e. The van der Waals surface area contributed by atoms with Gasteiger partial charge >= 0.3 is 0 Å². The summed E-state index contributed by atoms with van der Waals surface area (Å²) in [4.78, 5) is 28.1. The summed E-state index contributed by atoms with van der Waals surface area (Å²) in [7, 11) is 3.54. The van der Waals surface area contributed by atoms with Gasteiger partial charge in [-0.3, -0.25) is 4.79 Å². The van der Waals surface area contributed by atoms with E-state index in [9.17, 15) is 4.79 Å². The van der Waals surface area contributed by atoms with Crippen molar-refractivity contribution < 1.29 is 9.53 Å². The highest BCUT2D eigenvalue weighted by atomic mass is 16.5. The van der Waals surface area contributed by atoms with E-state index in [-0.39, 0.29) is 12.5 Å². The molecule has 1 aliphatic rings. The second-order valence-corrected chi connectivity index (χ2v) is 6.96. The predicted molar refractivity (Wildman–Crippen MR) is 117 cm³/mol. The molecule has 8 nitrogen and oxygen atoms in total. The summed E-state index contributed by atoms with van der Waals surface area (Å²) in [6.07, 6.45) is 6.34. The number of likely N-dealkylation sites (tertiary alicyclic amines) is 1. The smallest absolute Gasteiger partial charge is 0.250 e. The molecule has 0 spiro atoms. The molecule has 1 aliphatic heterocycles. The third kappa shape index (κ3) is 4.83. The number of nitrogens with zero attached hydrogens (tertiary/aromatic N) is 4. The van der Waals surface area contributed by atoms with Gasteiger partial charge in [0.1, 0.15) is 18.2 Å². The first-order valence-corrected chi connectivity index (χ1v) is 9.61. The Bertz CT molecular complexity index is 874. The first kappa shape index (κ1) is 20.6. The van der Waals surface area contributed by atoms with E-state index in [0.29, 0.717) is 11.7 Å². The van der Waals surface area contributed by atoms with Gasteiger partial charge in [-0.1, -0.05) is 6.58 Å². The van der Waals surface area contributed by atoms with Gasteiger partial charge in [-0.15, -0.1) is 0 Å². The van der Waals surface area contributed by atoms with Gasteiger partial charge in [-0.25, -0.2) is 9.98 Å². The first-order valence-electron chi connectivity index (χ1n) is 9.61. The van der Waals surface area contributed by atoms with E-state index in [1.165, 1.54) is 7.11 Å². The fourth-order valence-corrected chi connectivity index (χ4v) is 3.49. The van der Waals surface area contributed by atoms with Crippen LogP contribution in [0.15, 0.2) is 42.2 Å². The fraction of sp³-hybridized carbons (Fsp3) is 0.381. The minimum absolute atomic E-state index is 0.0237. The summed E-state index contributed by atoms with van der Waals surface area (Å²) >= 11 is 0. The fourth-order valence-electron chi connectivity index (χ4n) is 3.49. The van der Waals surface area contributed by atoms with E-state index in [0.717, 1.165) is 42.4 Å². The van der Waals surface area contributed by atoms with E-state index in [1.807, 2.05) is 38.4 Å². The summed E-state index contributed by atoms with van der Waals surface area (Å²) in [6.45, 7) is 8.01. The normalized spacial score (nSPS) is 16.4. The van der Waals surface area contributed by atoms with E-state index in [1.54, 1.807) is 12.4 Å². The maximum atomic E-state index is 11.6. The molecule has 0 aliphatic carbocycles. The highest BCUT2D eigenvalue weighted by molar-refractivity contribution is 5.91. The summed E-state index contributed by atoms with van der Waals surface area (Å²) in [6, 6.07) is 6.11. The molecule has 3 rings (SSSR count). The molecule has 1 saturated heterocycles. The molecule has 0 saturated carbocycles. The van der Waals surface area contributed by atoms with E-state index < -0.39 is 0 Å². The van der Waals surface area contributed by atoms with Crippen LogP contribution in [0.1, 0.15) is 18.9 Å². The standard InChI is InChI=1S/C21H28N6O2/c1-5-22-21-18(8-10-23-21)15(2)27-11-9-17(13-27)26(3)19-7-6-16(12-24-19)25-20(28)14-29-4/h5-8,10,12,17,23H,2,9,11,13-14H2,1,3-4H3,(H,25,28). The number of hydrogen-bond acceptors (Lipinski definition) is 6. The topological polar surface area (TPSA) is 85.9 Å². The van der Waals surface area contributed by atoms with Crippen LogP contribution < -0.4 is 10.2 Å². The third-order valence-corrected chi connectivity index (χ3v) is 5.06. The second kappa shape index (κ2) is 9.38. The molecule has 2 N–H and O–H groups in total. The van der Waals surface area contributed by atoms with Crippen molar-refractivity contribution in [2.24, 2.45) is 4.99 Å². The van der Waals surface area contributed by atoms with Crippen molar-refractivity contribution in [1.29, 1.82) is 0 Å². The Morgan fingerprint density at radius 3 is 3.03 bits per heavy atom. The van der Waals surface area contributed by atoms with Crippen molar-refractivity contribution >= 4 is 35.1 Å². The molecular weight excluding hydrogens is 368 g/mol.